The average Bonchev–Trinajstić information content (AvgIpc) is 3.23. The van der Waals surface area contributed by atoms with Crippen molar-refractivity contribution in [3.8, 4) is 0 Å². The molecule has 4 aromatic carbocycles. The van der Waals surface area contributed by atoms with E-state index in [0.717, 1.165) is 16.5 Å². The van der Waals surface area contributed by atoms with Gasteiger partial charge in [0.25, 0.3) is 11.8 Å². The van der Waals surface area contributed by atoms with Gasteiger partial charge < -0.3 is 15.2 Å². The summed E-state index contributed by atoms with van der Waals surface area (Å²) < 4.78 is 15.5. The van der Waals surface area contributed by atoms with E-state index in [0.29, 0.717) is 23.6 Å². The number of para-hydroxylation sites is 1. The van der Waals surface area contributed by atoms with Gasteiger partial charge in [-0.15, -0.1) is 0 Å². The molecule has 2 N–H and O–H groups in total. The molecule has 1 aromatic heterocycles. The second kappa shape index (κ2) is 9.65. The van der Waals surface area contributed by atoms with Crippen LogP contribution in [-0.4, -0.2) is 16.4 Å². The maximum atomic E-state index is 13.5. The Bertz CT molecular complexity index is 1510. The van der Waals surface area contributed by atoms with Crippen LogP contribution in [0.3, 0.4) is 0 Å². The molecule has 0 atom stereocenters. The first-order chi connectivity index (χ1) is 17.1. The second-order valence-electron chi connectivity index (χ2n) is 8.16. The van der Waals surface area contributed by atoms with Gasteiger partial charge in [-0.3, -0.25) is 9.59 Å². The van der Waals surface area contributed by atoms with Gasteiger partial charge >= 0.3 is 0 Å². The first kappa shape index (κ1) is 22.1. The van der Waals surface area contributed by atoms with Crippen LogP contribution < -0.4 is 10.6 Å². The fourth-order valence-corrected chi connectivity index (χ4v) is 4.02. The molecule has 0 saturated heterocycles. The van der Waals surface area contributed by atoms with Gasteiger partial charge in [0.2, 0.25) is 0 Å². The summed E-state index contributed by atoms with van der Waals surface area (Å²) in [5, 5.41) is 6.57. The minimum absolute atomic E-state index is 0.228. The highest BCUT2D eigenvalue weighted by Gasteiger charge is 2.17. The summed E-state index contributed by atoms with van der Waals surface area (Å²) in [5.74, 6) is -1.11. The van der Waals surface area contributed by atoms with E-state index in [-0.39, 0.29) is 11.5 Å². The summed E-state index contributed by atoms with van der Waals surface area (Å²) in [7, 11) is 0. The third-order valence-corrected chi connectivity index (χ3v) is 5.69. The maximum absolute atomic E-state index is 13.5. The molecule has 0 unspecified atom stereocenters. The number of carbonyl (C=O) groups excluding carboxylic acids is 2. The van der Waals surface area contributed by atoms with Crippen molar-refractivity contribution in [2.24, 2.45) is 0 Å². The number of fused-ring (bicyclic) bond motifs is 1. The standard InChI is InChI=1S/C29H22FN3O2/c30-23-11-7-10-21(16-23)28(34)32-25-14-15-26-22(17-25)18-27(29(35)31-24-12-5-2-6-13-24)33(26)19-20-8-3-1-4-9-20/h1-18H,19H2,(H,31,35)(H,32,34). The molecule has 6 heteroatoms. The van der Waals surface area contributed by atoms with E-state index in [2.05, 4.69) is 10.6 Å². The maximum Gasteiger partial charge on any atom is 0.272 e. The van der Waals surface area contributed by atoms with Crippen LogP contribution in [0.5, 0.6) is 0 Å². The molecule has 5 aromatic rings. The summed E-state index contributed by atoms with van der Waals surface area (Å²) in [6.45, 7) is 0.511. The number of nitrogens with zero attached hydrogens (tertiary/aromatic N) is 1. The molecule has 5 rings (SSSR count). The molecule has 2 amide bonds. The smallest absolute Gasteiger partial charge is 0.272 e. The molecule has 0 radical (unpaired) electrons. The molecule has 1 heterocycles. The van der Waals surface area contributed by atoms with Crippen LogP contribution in [0.15, 0.2) is 109 Å². The molecule has 0 aliphatic carbocycles. The lowest BCUT2D eigenvalue weighted by Gasteiger charge is -2.12. The molecular formula is C29H22FN3O2. The van der Waals surface area contributed by atoms with Crippen LogP contribution >= 0.6 is 0 Å². The lowest BCUT2D eigenvalue weighted by atomic mass is 10.2. The largest absolute Gasteiger partial charge is 0.332 e. The highest BCUT2D eigenvalue weighted by Crippen LogP contribution is 2.26. The van der Waals surface area contributed by atoms with Crippen LogP contribution in [0.2, 0.25) is 0 Å². The SMILES string of the molecule is O=C(Nc1ccc2c(c1)cc(C(=O)Nc1ccccc1)n2Cc1ccccc1)c1cccc(F)c1. The summed E-state index contributed by atoms with van der Waals surface area (Å²) in [5.41, 5.74) is 3.91. The van der Waals surface area contributed by atoms with Gasteiger partial charge in [-0.2, -0.15) is 0 Å². The third-order valence-electron chi connectivity index (χ3n) is 5.69. The monoisotopic (exact) mass is 463 g/mol. The third kappa shape index (κ3) is 4.96. The molecule has 0 bridgehead atoms. The van der Waals surface area contributed by atoms with Gasteiger partial charge in [0.05, 0.1) is 0 Å². The minimum Gasteiger partial charge on any atom is -0.332 e. The number of amides is 2. The van der Waals surface area contributed by atoms with Crippen LogP contribution in [0.1, 0.15) is 26.4 Å². The number of rotatable bonds is 6. The zero-order valence-corrected chi connectivity index (χ0v) is 18.7. The average molecular weight is 464 g/mol. The number of halogens is 1. The van der Waals surface area contributed by atoms with Crippen molar-refractivity contribution in [2.45, 2.75) is 6.54 Å². The normalized spacial score (nSPS) is 10.8. The fourth-order valence-electron chi connectivity index (χ4n) is 4.02. The molecule has 5 nitrogen and oxygen atoms in total. The molecule has 0 aliphatic rings. The number of benzene rings is 4. The van der Waals surface area contributed by atoms with Crippen LogP contribution in [0, 0.1) is 5.82 Å². The topological polar surface area (TPSA) is 63.1 Å². The van der Waals surface area contributed by atoms with E-state index in [4.69, 9.17) is 0 Å². The lowest BCUT2D eigenvalue weighted by Crippen LogP contribution is -2.17. The Hall–Kier alpha value is -4.71. The predicted molar refractivity (Wildman–Crippen MR) is 136 cm³/mol. The summed E-state index contributed by atoms with van der Waals surface area (Å²) in [6, 6.07) is 32.0. The van der Waals surface area contributed by atoms with Gasteiger partial charge in [-0.25, -0.2) is 4.39 Å². The van der Waals surface area contributed by atoms with E-state index < -0.39 is 11.7 Å². The van der Waals surface area contributed by atoms with Crippen LogP contribution in [0.25, 0.3) is 10.9 Å². The van der Waals surface area contributed by atoms with Gasteiger partial charge in [0.1, 0.15) is 11.5 Å². The van der Waals surface area contributed by atoms with Gasteiger partial charge in [0, 0.05) is 34.4 Å². The van der Waals surface area contributed by atoms with Crippen molar-refractivity contribution in [3.63, 3.8) is 0 Å². The molecule has 0 saturated carbocycles. The number of hydrogen-bond donors (Lipinski definition) is 2. The van der Waals surface area contributed by atoms with Crippen molar-refractivity contribution in [3.05, 3.63) is 132 Å². The highest BCUT2D eigenvalue weighted by atomic mass is 19.1. The Morgan fingerprint density at radius 3 is 2.14 bits per heavy atom. The zero-order valence-electron chi connectivity index (χ0n) is 18.7. The summed E-state index contributed by atoms with van der Waals surface area (Å²) >= 11 is 0. The van der Waals surface area contributed by atoms with Crippen molar-refractivity contribution < 1.29 is 14.0 Å². The van der Waals surface area contributed by atoms with Gasteiger partial charge in [0.15, 0.2) is 0 Å². The molecule has 0 fully saturated rings. The number of anilines is 2. The Balaban J connectivity index is 1.49. The van der Waals surface area contributed by atoms with Crippen molar-refractivity contribution in [1.29, 1.82) is 0 Å². The first-order valence-electron chi connectivity index (χ1n) is 11.2. The lowest BCUT2D eigenvalue weighted by molar-refractivity contribution is 0.101. The number of nitrogens with one attached hydrogen (secondary N) is 2. The quantitative estimate of drug-likeness (QED) is 0.309. The zero-order chi connectivity index (χ0) is 24.2. The molecule has 0 aliphatic heterocycles. The Morgan fingerprint density at radius 1 is 0.686 bits per heavy atom. The van der Waals surface area contributed by atoms with E-state index in [1.54, 1.807) is 12.1 Å². The molecule has 35 heavy (non-hydrogen) atoms. The fraction of sp³-hybridized carbons (Fsp3) is 0.0345. The number of carbonyl (C=O) groups is 2. The minimum atomic E-state index is -0.472. The predicted octanol–water partition coefficient (Wildman–Crippen LogP) is 6.33. The van der Waals surface area contributed by atoms with Gasteiger partial charge in [-0.05, 0) is 60.2 Å². The van der Waals surface area contributed by atoms with Crippen molar-refractivity contribution in [1.82, 2.24) is 4.57 Å². The molecule has 172 valence electrons. The Morgan fingerprint density at radius 2 is 1.40 bits per heavy atom. The summed E-state index contributed by atoms with van der Waals surface area (Å²) in [4.78, 5) is 25.8. The van der Waals surface area contributed by atoms with E-state index in [1.165, 1.54) is 18.2 Å². The number of aromatic nitrogens is 1. The molecular weight excluding hydrogens is 441 g/mol. The highest BCUT2D eigenvalue weighted by molar-refractivity contribution is 6.08. The van der Waals surface area contributed by atoms with Crippen LogP contribution in [0.4, 0.5) is 15.8 Å². The molecule has 0 spiro atoms. The number of hydrogen-bond acceptors (Lipinski definition) is 2. The summed E-state index contributed by atoms with van der Waals surface area (Å²) in [6.07, 6.45) is 0. The van der Waals surface area contributed by atoms with Gasteiger partial charge in [-0.1, -0.05) is 54.6 Å². The van der Waals surface area contributed by atoms with E-state index in [1.807, 2.05) is 83.4 Å². The van der Waals surface area contributed by atoms with Crippen molar-refractivity contribution in [2.75, 3.05) is 10.6 Å². The Kier molecular flexibility index (Phi) is 6.09. The van der Waals surface area contributed by atoms with Crippen molar-refractivity contribution >= 4 is 34.1 Å². The first-order valence-corrected chi connectivity index (χ1v) is 11.2. The van der Waals surface area contributed by atoms with E-state index in [9.17, 15) is 14.0 Å². The van der Waals surface area contributed by atoms with Crippen LogP contribution in [-0.2, 0) is 6.54 Å². The van der Waals surface area contributed by atoms with E-state index >= 15 is 0 Å². The Labute approximate surface area is 201 Å². The second-order valence-corrected chi connectivity index (χ2v) is 8.16.